The molecule has 0 atom stereocenters. The second kappa shape index (κ2) is 9.30. The third kappa shape index (κ3) is 6.23. The number of thioether (sulfide) groups is 1. The van der Waals surface area contributed by atoms with Crippen molar-refractivity contribution in [3.63, 3.8) is 0 Å². The highest BCUT2D eigenvalue weighted by Gasteiger charge is 2.13. The van der Waals surface area contributed by atoms with Gasteiger partial charge in [-0.25, -0.2) is 8.42 Å². The molecule has 2 rings (SSSR count). The quantitative estimate of drug-likeness (QED) is 0.648. The fraction of sp³-hybridized carbons (Fsp3) is 0.278. The third-order valence-corrected chi connectivity index (χ3v) is 5.59. The van der Waals surface area contributed by atoms with Crippen molar-refractivity contribution in [2.45, 2.75) is 12.7 Å². The van der Waals surface area contributed by atoms with Gasteiger partial charge in [-0.3, -0.25) is 9.52 Å². The average Bonchev–Trinajstić information content (AvgIpc) is 2.56. The van der Waals surface area contributed by atoms with Gasteiger partial charge < -0.3 is 5.32 Å². The summed E-state index contributed by atoms with van der Waals surface area (Å²) in [5, 5.41) is 3.61. The highest BCUT2D eigenvalue weighted by atomic mass is 35.5. The Labute approximate surface area is 163 Å². The van der Waals surface area contributed by atoms with Crippen molar-refractivity contribution in [3.05, 3.63) is 64.2 Å². The van der Waals surface area contributed by atoms with Crippen LogP contribution in [-0.4, -0.2) is 32.9 Å². The van der Waals surface area contributed by atoms with Crippen LogP contribution in [0.2, 0.25) is 5.02 Å². The van der Waals surface area contributed by atoms with Crippen molar-refractivity contribution in [2.24, 2.45) is 0 Å². The van der Waals surface area contributed by atoms with Gasteiger partial charge in [0.15, 0.2) is 0 Å². The Balaban J connectivity index is 1.86. The van der Waals surface area contributed by atoms with E-state index in [1.54, 1.807) is 36.9 Å². The maximum atomic E-state index is 12.4. The molecule has 0 bridgehead atoms. The number of nitrogens with one attached hydrogen (secondary N) is 2. The Morgan fingerprint density at radius 1 is 1.15 bits per heavy atom. The van der Waals surface area contributed by atoms with Crippen LogP contribution in [0, 0.1) is 6.92 Å². The van der Waals surface area contributed by atoms with Gasteiger partial charge in [0.05, 0.1) is 11.9 Å². The van der Waals surface area contributed by atoms with Crippen molar-refractivity contribution in [2.75, 3.05) is 23.3 Å². The number of hydrogen-bond donors (Lipinski definition) is 2. The van der Waals surface area contributed by atoms with Crippen molar-refractivity contribution in [1.29, 1.82) is 0 Å². The lowest BCUT2D eigenvalue weighted by Crippen LogP contribution is -2.26. The summed E-state index contributed by atoms with van der Waals surface area (Å²) in [7, 11) is -3.39. The van der Waals surface area contributed by atoms with Crippen LogP contribution in [0.4, 0.5) is 5.69 Å². The fourth-order valence-electron chi connectivity index (χ4n) is 2.32. The maximum absolute atomic E-state index is 12.4. The molecule has 0 aromatic heterocycles. The minimum Gasteiger partial charge on any atom is -0.351 e. The van der Waals surface area contributed by atoms with E-state index in [2.05, 4.69) is 10.0 Å². The molecular weight excluding hydrogens is 392 g/mol. The zero-order valence-corrected chi connectivity index (χ0v) is 17.0. The largest absolute Gasteiger partial charge is 0.351 e. The van der Waals surface area contributed by atoms with Gasteiger partial charge >= 0.3 is 0 Å². The normalized spacial score (nSPS) is 11.2. The number of carbonyl (C=O) groups excluding carboxylic acids is 1. The number of rotatable bonds is 8. The molecule has 0 aliphatic rings. The van der Waals surface area contributed by atoms with E-state index in [1.807, 2.05) is 24.3 Å². The summed E-state index contributed by atoms with van der Waals surface area (Å²) in [6.07, 6.45) is 1.08. The predicted octanol–water partition coefficient (Wildman–Crippen LogP) is 3.68. The average molecular weight is 413 g/mol. The zero-order chi connectivity index (χ0) is 19.2. The van der Waals surface area contributed by atoms with Crippen LogP contribution in [0.3, 0.4) is 0 Å². The minimum absolute atomic E-state index is 0.224. The van der Waals surface area contributed by atoms with Crippen molar-refractivity contribution < 1.29 is 13.2 Å². The summed E-state index contributed by atoms with van der Waals surface area (Å²) in [6, 6.07) is 12.6. The molecule has 0 aliphatic heterocycles. The Morgan fingerprint density at radius 2 is 1.88 bits per heavy atom. The molecule has 8 heteroatoms. The summed E-state index contributed by atoms with van der Waals surface area (Å²) >= 11 is 7.80. The molecular formula is C18H21ClN2O3S2. The topological polar surface area (TPSA) is 75.3 Å². The highest BCUT2D eigenvalue weighted by Crippen LogP contribution is 2.21. The molecule has 2 aromatic rings. The van der Waals surface area contributed by atoms with Crippen LogP contribution in [0.15, 0.2) is 42.5 Å². The molecule has 0 aliphatic carbocycles. The van der Waals surface area contributed by atoms with Crippen LogP contribution in [0.25, 0.3) is 0 Å². The first kappa shape index (κ1) is 20.6. The van der Waals surface area contributed by atoms with Crippen LogP contribution in [-0.2, 0) is 15.8 Å². The molecule has 0 saturated heterocycles. The van der Waals surface area contributed by atoms with Gasteiger partial charge in [0.25, 0.3) is 5.91 Å². The number of hydrogen-bond acceptors (Lipinski definition) is 4. The van der Waals surface area contributed by atoms with Crippen LogP contribution in [0.1, 0.15) is 21.5 Å². The number of benzene rings is 2. The monoisotopic (exact) mass is 412 g/mol. The maximum Gasteiger partial charge on any atom is 0.251 e. The number of halogens is 1. The van der Waals surface area contributed by atoms with Gasteiger partial charge in [-0.1, -0.05) is 35.9 Å². The molecule has 5 nitrogen and oxygen atoms in total. The van der Waals surface area contributed by atoms with E-state index in [0.29, 0.717) is 23.4 Å². The molecule has 0 unspecified atom stereocenters. The van der Waals surface area contributed by atoms with Crippen LogP contribution >= 0.6 is 23.4 Å². The van der Waals surface area contributed by atoms with Gasteiger partial charge in [0.2, 0.25) is 10.0 Å². The first-order valence-corrected chi connectivity index (χ1v) is 11.4. The predicted molar refractivity (Wildman–Crippen MR) is 110 cm³/mol. The van der Waals surface area contributed by atoms with E-state index >= 15 is 0 Å². The van der Waals surface area contributed by atoms with Gasteiger partial charge in [-0.2, -0.15) is 11.8 Å². The lowest BCUT2D eigenvalue weighted by atomic mass is 10.1. The van der Waals surface area contributed by atoms with Gasteiger partial charge in [-0.05, 0) is 36.2 Å². The summed E-state index contributed by atoms with van der Waals surface area (Å²) in [5.41, 5.74) is 2.53. The molecule has 2 aromatic carbocycles. The first-order valence-electron chi connectivity index (χ1n) is 7.94. The molecule has 2 N–H and O–H groups in total. The number of amides is 1. The Bertz CT molecular complexity index is 886. The van der Waals surface area contributed by atoms with Gasteiger partial charge in [0, 0.05) is 28.6 Å². The first-order chi connectivity index (χ1) is 12.3. The standard InChI is InChI=1S/C18H21ClN2O3S2/c1-13-15(7-5-9-17(13)21-26(2,23)24)18(22)20-10-11-25-12-14-6-3-4-8-16(14)19/h3-9,21H,10-12H2,1-2H3,(H,20,22). The lowest BCUT2D eigenvalue weighted by Gasteiger charge is -2.12. The van der Waals surface area contributed by atoms with E-state index < -0.39 is 10.0 Å². The fourth-order valence-corrected chi connectivity index (χ4v) is 4.09. The molecule has 0 fully saturated rings. The van der Waals surface area contributed by atoms with Crippen molar-refractivity contribution >= 4 is 45.0 Å². The minimum atomic E-state index is -3.39. The number of sulfonamides is 1. The molecule has 26 heavy (non-hydrogen) atoms. The summed E-state index contributed by atoms with van der Waals surface area (Å²) in [5.74, 6) is 1.30. The Hall–Kier alpha value is -1.70. The van der Waals surface area contributed by atoms with Crippen LogP contribution in [0.5, 0.6) is 0 Å². The molecule has 0 saturated carbocycles. The van der Waals surface area contributed by atoms with Gasteiger partial charge in [0.1, 0.15) is 0 Å². The van der Waals surface area contributed by atoms with E-state index in [1.165, 1.54) is 0 Å². The molecule has 1 amide bonds. The van der Waals surface area contributed by atoms with Crippen molar-refractivity contribution in [1.82, 2.24) is 5.32 Å². The molecule has 140 valence electrons. The van der Waals surface area contributed by atoms with E-state index in [4.69, 9.17) is 11.6 Å². The molecule has 0 spiro atoms. The van der Waals surface area contributed by atoms with E-state index in [0.717, 1.165) is 28.3 Å². The zero-order valence-electron chi connectivity index (χ0n) is 14.6. The van der Waals surface area contributed by atoms with E-state index in [9.17, 15) is 13.2 Å². The number of carbonyl (C=O) groups is 1. The number of anilines is 1. The Morgan fingerprint density at radius 3 is 2.58 bits per heavy atom. The molecule has 0 radical (unpaired) electrons. The third-order valence-electron chi connectivity index (χ3n) is 3.62. The molecule has 0 heterocycles. The second-order valence-electron chi connectivity index (χ2n) is 5.75. The lowest BCUT2D eigenvalue weighted by molar-refractivity contribution is 0.0955. The highest BCUT2D eigenvalue weighted by molar-refractivity contribution is 7.98. The SMILES string of the molecule is Cc1c(NS(C)(=O)=O)cccc1C(=O)NCCSCc1ccccc1Cl. The Kier molecular flexibility index (Phi) is 7.37. The van der Waals surface area contributed by atoms with Crippen LogP contribution < -0.4 is 10.0 Å². The summed E-state index contributed by atoms with van der Waals surface area (Å²) < 4.78 is 25.2. The van der Waals surface area contributed by atoms with E-state index in [-0.39, 0.29) is 5.91 Å². The second-order valence-corrected chi connectivity index (χ2v) is 9.01. The summed E-state index contributed by atoms with van der Waals surface area (Å²) in [4.78, 5) is 12.4. The summed E-state index contributed by atoms with van der Waals surface area (Å²) in [6.45, 7) is 2.23. The van der Waals surface area contributed by atoms with Crippen molar-refractivity contribution in [3.8, 4) is 0 Å². The van der Waals surface area contributed by atoms with Gasteiger partial charge in [-0.15, -0.1) is 0 Å². The smallest absolute Gasteiger partial charge is 0.251 e.